The number of unbranched alkanes of at least 4 members (excludes halogenated alkanes) is 1. The molecule has 0 spiro atoms. The van der Waals surface area contributed by atoms with Gasteiger partial charge < -0.3 is 51.1 Å². The minimum atomic E-state index is -5.92. The van der Waals surface area contributed by atoms with E-state index in [-0.39, 0.29) is 86.1 Å². The highest BCUT2D eigenvalue weighted by molar-refractivity contribution is 7.52. The lowest BCUT2D eigenvalue weighted by molar-refractivity contribution is -0.148. The van der Waals surface area contributed by atoms with Crippen molar-refractivity contribution in [2.75, 3.05) is 32.7 Å². The van der Waals surface area contributed by atoms with E-state index in [9.17, 15) is 61.5 Å². The summed E-state index contributed by atoms with van der Waals surface area (Å²) in [7, 11) is -5.92. The van der Waals surface area contributed by atoms with Crippen molar-refractivity contribution in [2.45, 2.75) is 106 Å². The summed E-state index contributed by atoms with van der Waals surface area (Å²) in [5.41, 5.74) is 3.41. The maximum absolute atomic E-state index is 15.1. The Hall–Kier alpha value is -8.20. The fourth-order valence-electron chi connectivity index (χ4n) is 11.8. The molecule has 25 heteroatoms. The summed E-state index contributed by atoms with van der Waals surface area (Å²) >= 11 is 0.876. The minimum absolute atomic E-state index is 0.0437. The molecule has 5 aliphatic heterocycles. The van der Waals surface area contributed by atoms with E-state index in [0.29, 0.717) is 54.7 Å². The van der Waals surface area contributed by atoms with Crippen LogP contribution in [0.3, 0.4) is 0 Å². The Kier molecular flexibility index (Phi) is 17.8. The maximum Gasteiger partial charge on any atom is 0.399 e. The van der Waals surface area contributed by atoms with E-state index in [1.165, 1.54) is 26.8 Å². The number of piperidine rings is 1. The molecule has 444 valence electrons. The number of imide groups is 1. The first-order chi connectivity index (χ1) is 40.6. The highest BCUT2D eigenvalue weighted by Gasteiger charge is 2.51. The number of thiophene rings is 1. The molecule has 21 nitrogen and oxygen atoms in total. The van der Waals surface area contributed by atoms with Crippen molar-refractivity contribution in [3.8, 4) is 11.8 Å². The number of halogens is 2. The van der Waals surface area contributed by atoms with E-state index in [4.69, 9.17) is 5.73 Å². The van der Waals surface area contributed by atoms with Crippen LogP contribution in [0.5, 0.6) is 0 Å². The van der Waals surface area contributed by atoms with Crippen molar-refractivity contribution < 1.29 is 66.3 Å². The van der Waals surface area contributed by atoms with Gasteiger partial charge in [0.2, 0.25) is 41.4 Å². The van der Waals surface area contributed by atoms with Crippen molar-refractivity contribution in [1.82, 2.24) is 40.9 Å². The number of hydrogen-bond donors (Lipinski definition) is 7. The Morgan fingerprint density at radius 2 is 1.58 bits per heavy atom. The summed E-state index contributed by atoms with van der Waals surface area (Å²) in [6.45, 7) is 1.46. The average molecular weight is 1200 g/mol. The Morgan fingerprint density at radius 1 is 0.859 bits per heavy atom. The normalized spacial score (nSPS) is 20.6. The van der Waals surface area contributed by atoms with Crippen molar-refractivity contribution in [2.24, 2.45) is 11.7 Å². The molecule has 8 N–H and O–H groups in total. The number of rotatable bonds is 18. The highest BCUT2D eigenvalue weighted by Crippen LogP contribution is 2.59. The molecule has 9 amide bonds. The predicted octanol–water partition coefficient (Wildman–Crippen LogP) is 4.00. The van der Waals surface area contributed by atoms with E-state index < -0.39 is 96.4 Å². The number of nitrogens with zero attached hydrogens (tertiary/aromatic N) is 4. The smallest absolute Gasteiger partial charge is 0.370 e. The van der Waals surface area contributed by atoms with Crippen LogP contribution in [-0.2, 0) is 50.3 Å². The molecule has 85 heavy (non-hydrogen) atoms. The molecule has 0 bridgehead atoms. The Balaban J connectivity index is 0.823. The first kappa shape index (κ1) is 59.9. The van der Waals surface area contributed by atoms with Gasteiger partial charge in [-0.25, -0.2) is 0 Å². The summed E-state index contributed by atoms with van der Waals surface area (Å²) in [5, 5.41) is 11.0. The van der Waals surface area contributed by atoms with E-state index in [1.807, 2.05) is 66.7 Å². The molecule has 0 aliphatic carbocycles. The largest absolute Gasteiger partial charge is 0.399 e. The Labute approximate surface area is 491 Å². The molecule has 4 aromatic carbocycles. The molecule has 0 saturated carbocycles. The first-order valence-corrected chi connectivity index (χ1v) is 30.4. The van der Waals surface area contributed by atoms with Crippen LogP contribution >= 0.6 is 18.9 Å². The van der Waals surface area contributed by atoms with Gasteiger partial charge in [-0.2, -0.15) is 8.78 Å². The van der Waals surface area contributed by atoms with Crippen LogP contribution in [0.25, 0.3) is 10.1 Å². The van der Waals surface area contributed by atoms with Crippen LogP contribution in [-0.4, -0.2) is 145 Å². The molecular formula is C60H62F2N9O12PS. The number of likely N-dealkylation sites (tertiary alicyclic amines) is 1. The summed E-state index contributed by atoms with van der Waals surface area (Å²) in [6.07, 6.45) is 1.85. The zero-order valence-electron chi connectivity index (χ0n) is 45.9. The number of nitrogens with two attached hydrogens (primary N) is 1. The van der Waals surface area contributed by atoms with Crippen molar-refractivity contribution in [3.63, 3.8) is 0 Å². The van der Waals surface area contributed by atoms with Gasteiger partial charge in [0.1, 0.15) is 24.2 Å². The zero-order valence-corrected chi connectivity index (χ0v) is 47.6. The molecule has 6 heterocycles. The van der Waals surface area contributed by atoms with Crippen molar-refractivity contribution in [1.29, 1.82) is 0 Å². The number of fused-ring (bicyclic) bond motifs is 3. The maximum atomic E-state index is 15.1. The highest BCUT2D eigenvalue weighted by atomic mass is 32.1. The molecule has 1 unspecified atom stereocenters. The average Bonchev–Trinajstić information content (AvgIpc) is 2.92. The fourth-order valence-corrected chi connectivity index (χ4v) is 13.2. The van der Waals surface area contributed by atoms with E-state index in [2.05, 4.69) is 38.0 Å². The monoisotopic (exact) mass is 1200 g/mol. The van der Waals surface area contributed by atoms with Gasteiger partial charge in [-0.1, -0.05) is 84.6 Å². The van der Waals surface area contributed by atoms with Crippen LogP contribution in [0.1, 0.15) is 112 Å². The van der Waals surface area contributed by atoms with Crippen molar-refractivity contribution >= 4 is 82.2 Å². The third kappa shape index (κ3) is 13.1. The number of nitrogens with one attached hydrogen (secondary N) is 4. The number of primary amides is 1. The number of carbonyl (C=O) groups excluding carboxylic acids is 9. The molecule has 4 saturated heterocycles. The van der Waals surface area contributed by atoms with Gasteiger partial charge in [0.15, 0.2) is 0 Å². The molecule has 5 atom stereocenters. The van der Waals surface area contributed by atoms with E-state index in [0.717, 1.165) is 40.2 Å². The van der Waals surface area contributed by atoms with Crippen LogP contribution in [0.4, 0.5) is 8.78 Å². The number of amides is 9. The topological polar surface area (TPSA) is 298 Å². The summed E-state index contributed by atoms with van der Waals surface area (Å²) in [5.74, 6) is 0.975. The second-order valence-electron chi connectivity index (χ2n) is 22.0. The first-order valence-electron chi connectivity index (χ1n) is 28.0. The zero-order chi connectivity index (χ0) is 60.3. The summed E-state index contributed by atoms with van der Waals surface area (Å²) < 4.78 is 41.6. The van der Waals surface area contributed by atoms with E-state index >= 15 is 4.79 Å². The van der Waals surface area contributed by atoms with Gasteiger partial charge >= 0.3 is 13.3 Å². The molecule has 4 fully saturated rings. The minimum Gasteiger partial charge on any atom is -0.370 e. The SMILES string of the molecule is NC(=O)CC[C@H](NC(=O)[C@@H]1CC[C@@H]2CCN(C(=O)C3CN(CCCC#Cc4cccc5c4CN(C4CCC(=O)NC4=O)C5=O)C3)C[C@H](NC(=O)c3cc4cc(C(F)(F)P(=O)(O)O)ccc4s3)C(=O)N21)C(=O)NC(c1ccccc1)c1ccccc1. The second-order valence-corrected chi connectivity index (χ2v) is 24.7. The van der Waals surface area contributed by atoms with Gasteiger partial charge in [0, 0.05) is 79.4 Å². The van der Waals surface area contributed by atoms with Crippen LogP contribution in [0.15, 0.2) is 103 Å². The van der Waals surface area contributed by atoms with Gasteiger partial charge in [-0.05, 0) is 97.5 Å². The molecule has 10 rings (SSSR count). The van der Waals surface area contributed by atoms with Crippen molar-refractivity contribution in [3.05, 3.63) is 141 Å². The number of alkyl halides is 2. The predicted molar refractivity (Wildman–Crippen MR) is 306 cm³/mol. The molecule has 5 aliphatic rings. The fraction of sp³-hybridized carbons (Fsp3) is 0.383. The molecule has 1 aromatic heterocycles. The van der Waals surface area contributed by atoms with Crippen LogP contribution < -0.4 is 27.0 Å². The number of carbonyl (C=O) groups is 9. The van der Waals surface area contributed by atoms with Crippen LogP contribution in [0, 0.1) is 17.8 Å². The van der Waals surface area contributed by atoms with Crippen LogP contribution in [0.2, 0.25) is 0 Å². The third-order valence-electron chi connectivity index (χ3n) is 16.3. The Bertz CT molecular complexity index is 3550. The van der Waals surface area contributed by atoms with Gasteiger partial charge in [0.25, 0.3) is 11.8 Å². The molecular weight excluding hydrogens is 1140 g/mol. The summed E-state index contributed by atoms with van der Waals surface area (Å²) in [4.78, 5) is 148. The lowest BCUT2D eigenvalue weighted by Gasteiger charge is -2.43. The number of hydrogen-bond acceptors (Lipinski definition) is 12. The lowest BCUT2D eigenvalue weighted by Crippen LogP contribution is -2.63. The standard InChI is InChI=1S/C60H62F2N9O12PS/c61-60(62,84(81,82)83)40-18-23-48-38(29-40)30-49(85-48)56(77)65-45-34-69(57(78)39-31-68(32-39)27-9-3-8-11-35-16-10-17-42-43(35)33-70(58(42)79)46-22-25-51(73)66-54(46)75)28-26-41-19-21-47(71(41)59(45)80)55(76)64-44(20-24-50(63)72)53(74)67-52(36-12-4-1-5-13-36)37-14-6-2-7-15-37/h1-2,4-7,10,12-18,23,29-30,39,41,44-47,52H,3,9,19-22,24-28,31-34H2,(H2,63,72)(H,64,76)(H,65,77)(H,67,74)(H,66,73,75)(H2,81,82,83)/t41-,44+,45+,46?,47+/m1/s1. The third-order valence-corrected chi connectivity index (χ3v) is 18.4. The lowest BCUT2D eigenvalue weighted by atomic mass is 9.96. The van der Waals surface area contributed by atoms with Gasteiger partial charge in [-0.15, -0.1) is 11.3 Å². The van der Waals surface area contributed by atoms with E-state index in [1.54, 1.807) is 12.1 Å². The van der Waals surface area contributed by atoms with Gasteiger partial charge in [-0.3, -0.25) is 53.0 Å². The van der Waals surface area contributed by atoms with Gasteiger partial charge in [0.05, 0.1) is 16.8 Å². The molecule has 0 radical (unpaired) electrons. The Morgan fingerprint density at radius 3 is 2.26 bits per heavy atom. The molecule has 5 aromatic rings. The second kappa shape index (κ2) is 25.2. The summed E-state index contributed by atoms with van der Waals surface area (Å²) in [6, 6.07) is 21.9. The quantitative estimate of drug-likeness (QED) is 0.0283. The number of benzene rings is 4.